The van der Waals surface area contributed by atoms with E-state index in [1.54, 1.807) is 7.11 Å². The third kappa shape index (κ3) is 3.68. The fourth-order valence-corrected chi connectivity index (χ4v) is 2.93. The zero-order chi connectivity index (χ0) is 16.9. The molecule has 2 aromatic rings. The van der Waals surface area contributed by atoms with E-state index in [1.807, 2.05) is 33.7 Å². The first-order chi connectivity index (χ1) is 11.7. The van der Waals surface area contributed by atoms with E-state index in [0.717, 1.165) is 43.2 Å². The number of aromatic nitrogens is 2. The summed E-state index contributed by atoms with van der Waals surface area (Å²) >= 11 is 0. The molecule has 0 bridgehead atoms. The topological polar surface area (TPSA) is 62.6 Å². The number of piperazine rings is 1. The molecule has 7 heteroatoms. The summed E-state index contributed by atoms with van der Waals surface area (Å²) in [6.45, 7) is 4.98. The molecule has 2 heterocycles. The van der Waals surface area contributed by atoms with E-state index in [4.69, 9.17) is 4.74 Å². The zero-order valence-electron chi connectivity index (χ0n) is 14.4. The van der Waals surface area contributed by atoms with Crippen LogP contribution in [0.15, 0.2) is 24.3 Å². The molecule has 0 saturated carbocycles. The lowest BCUT2D eigenvalue weighted by molar-refractivity contribution is -0.133. The van der Waals surface area contributed by atoms with Gasteiger partial charge in [-0.15, -0.1) is 0 Å². The summed E-state index contributed by atoms with van der Waals surface area (Å²) in [5, 5.41) is 3.27. The third-order valence-corrected chi connectivity index (χ3v) is 4.39. The Hall–Kier alpha value is -2.12. The average molecular weight is 331 g/mol. The number of amides is 1. The number of benzene rings is 1. The van der Waals surface area contributed by atoms with Crippen LogP contribution < -0.4 is 5.32 Å². The van der Waals surface area contributed by atoms with Crippen molar-refractivity contribution in [2.24, 2.45) is 0 Å². The number of fused-ring (bicyclic) bond motifs is 1. The van der Waals surface area contributed by atoms with Crippen LogP contribution in [0.3, 0.4) is 0 Å². The Balaban J connectivity index is 1.78. The average Bonchev–Trinajstić information content (AvgIpc) is 2.93. The molecule has 3 rings (SSSR count). The van der Waals surface area contributed by atoms with Gasteiger partial charge in [0.1, 0.15) is 6.54 Å². The minimum absolute atomic E-state index is 0.140. The maximum absolute atomic E-state index is 12.7. The monoisotopic (exact) mass is 331 g/mol. The van der Waals surface area contributed by atoms with Crippen LogP contribution in [0.2, 0.25) is 0 Å². The molecule has 0 radical (unpaired) electrons. The molecule has 0 aliphatic carbocycles. The molecule has 1 aliphatic heterocycles. The minimum atomic E-state index is 0.140. The lowest BCUT2D eigenvalue weighted by atomic mass is 10.3. The molecule has 24 heavy (non-hydrogen) atoms. The number of nitrogens with one attached hydrogen (secondary N) is 1. The first-order valence-electron chi connectivity index (χ1n) is 8.33. The molecule has 1 aromatic carbocycles. The Morgan fingerprint density at radius 2 is 2.00 bits per heavy atom. The number of para-hydroxylation sites is 2. The van der Waals surface area contributed by atoms with Crippen molar-refractivity contribution in [1.82, 2.24) is 19.4 Å². The summed E-state index contributed by atoms with van der Waals surface area (Å²) in [4.78, 5) is 21.5. The molecule has 1 amide bonds. The number of likely N-dealkylation sites (N-methyl/N-ethyl adjacent to an activating group) is 1. The van der Waals surface area contributed by atoms with Crippen molar-refractivity contribution in [3.63, 3.8) is 0 Å². The van der Waals surface area contributed by atoms with Crippen molar-refractivity contribution < 1.29 is 9.53 Å². The van der Waals surface area contributed by atoms with Crippen LogP contribution in [0.4, 0.5) is 5.95 Å². The van der Waals surface area contributed by atoms with Crippen LogP contribution in [-0.2, 0) is 16.1 Å². The van der Waals surface area contributed by atoms with Crippen molar-refractivity contribution >= 4 is 22.9 Å². The molecule has 1 fully saturated rings. The molecular weight excluding hydrogens is 306 g/mol. The Labute approximate surface area is 142 Å². The first kappa shape index (κ1) is 16.7. The van der Waals surface area contributed by atoms with Gasteiger partial charge >= 0.3 is 0 Å². The predicted molar refractivity (Wildman–Crippen MR) is 94.2 cm³/mol. The number of rotatable bonds is 6. The molecular formula is C17H25N5O2. The van der Waals surface area contributed by atoms with Crippen molar-refractivity contribution in [2.45, 2.75) is 6.54 Å². The highest BCUT2D eigenvalue weighted by atomic mass is 16.5. The van der Waals surface area contributed by atoms with Crippen LogP contribution >= 0.6 is 0 Å². The standard InChI is InChI=1S/C17H25N5O2/c1-20-8-10-21(11-9-20)16(23)13-22-15-6-4-3-5-14(15)19-17(22)18-7-12-24-2/h3-6H,7-13H2,1-2H3,(H,18,19). The summed E-state index contributed by atoms with van der Waals surface area (Å²) in [5.74, 6) is 0.858. The van der Waals surface area contributed by atoms with Crippen LogP contribution in [0.1, 0.15) is 0 Å². The van der Waals surface area contributed by atoms with Gasteiger partial charge in [-0.3, -0.25) is 4.79 Å². The summed E-state index contributed by atoms with van der Waals surface area (Å²) in [5.41, 5.74) is 1.86. The SMILES string of the molecule is COCCNc1nc2ccccc2n1CC(=O)N1CCN(C)CC1. The van der Waals surface area contributed by atoms with Crippen LogP contribution in [0.25, 0.3) is 11.0 Å². The smallest absolute Gasteiger partial charge is 0.242 e. The van der Waals surface area contributed by atoms with Crippen LogP contribution in [0.5, 0.6) is 0 Å². The van der Waals surface area contributed by atoms with Crippen molar-refractivity contribution in [3.05, 3.63) is 24.3 Å². The fourth-order valence-electron chi connectivity index (χ4n) is 2.93. The van der Waals surface area contributed by atoms with E-state index in [9.17, 15) is 4.79 Å². The second-order valence-corrected chi connectivity index (χ2v) is 6.11. The Morgan fingerprint density at radius 3 is 2.75 bits per heavy atom. The minimum Gasteiger partial charge on any atom is -0.383 e. The fraction of sp³-hybridized carbons (Fsp3) is 0.529. The molecule has 7 nitrogen and oxygen atoms in total. The maximum Gasteiger partial charge on any atom is 0.242 e. The van der Waals surface area contributed by atoms with Gasteiger partial charge in [-0.25, -0.2) is 4.98 Å². The van der Waals surface area contributed by atoms with Gasteiger partial charge < -0.3 is 24.4 Å². The molecule has 0 spiro atoms. The van der Waals surface area contributed by atoms with E-state index in [1.165, 1.54) is 0 Å². The summed E-state index contributed by atoms with van der Waals surface area (Å²) in [6.07, 6.45) is 0. The van der Waals surface area contributed by atoms with E-state index in [2.05, 4.69) is 22.2 Å². The van der Waals surface area contributed by atoms with Crippen LogP contribution in [0, 0.1) is 0 Å². The first-order valence-corrected chi connectivity index (χ1v) is 8.33. The Morgan fingerprint density at radius 1 is 1.25 bits per heavy atom. The largest absolute Gasteiger partial charge is 0.383 e. The Bertz CT molecular complexity index is 691. The van der Waals surface area contributed by atoms with Crippen molar-refractivity contribution in [1.29, 1.82) is 0 Å². The molecule has 1 saturated heterocycles. The highest BCUT2D eigenvalue weighted by Gasteiger charge is 2.21. The third-order valence-electron chi connectivity index (χ3n) is 4.39. The molecule has 0 unspecified atom stereocenters. The predicted octanol–water partition coefficient (Wildman–Crippen LogP) is 0.869. The number of ether oxygens (including phenoxy) is 1. The van der Waals surface area contributed by atoms with Gasteiger partial charge in [0.2, 0.25) is 11.9 Å². The lowest BCUT2D eigenvalue weighted by Crippen LogP contribution is -2.48. The molecule has 0 atom stereocenters. The van der Waals surface area contributed by atoms with E-state index in [-0.39, 0.29) is 5.91 Å². The lowest BCUT2D eigenvalue weighted by Gasteiger charge is -2.32. The van der Waals surface area contributed by atoms with Gasteiger partial charge in [-0.05, 0) is 19.2 Å². The number of methoxy groups -OCH3 is 1. The molecule has 1 aromatic heterocycles. The normalized spacial score (nSPS) is 15.8. The summed E-state index contributed by atoms with van der Waals surface area (Å²) in [6, 6.07) is 7.90. The van der Waals surface area contributed by atoms with Gasteiger partial charge in [-0.2, -0.15) is 0 Å². The second-order valence-electron chi connectivity index (χ2n) is 6.11. The zero-order valence-corrected chi connectivity index (χ0v) is 14.4. The van der Waals surface area contributed by atoms with Gasteiger partial charge in [0.05, 0.1) is 17.6 Å². The summed E-state index contributed by atoms with van der Waals surface area (Å²) in [7, 11) is 3.75. The number of anilines is 1. The van der Waals surface area contributed by atoms with Gasteiger partial charge in [-0.1, -0.05) is 12.1 Å². The van der Waals surface area contributed by atoms with Crippen molar-refractivity contribution in [3.8, 4) is 0 Å². The number of hydrogen-bond donors (Lipinski definition) is 1. The van der Waals surface area contributed by atoms with Gasteiger partial charge in [0.25, 0.3) is 0 Å². The number of imidazole rings is 1. The van der Waals surface area contributed by atoms with Crippen molar-refractivity contribution in [2.75, 3.05) is 58.8 Å². The molecule has 1 aliphatic rings. The van der Waals surface area contributed by atoms with Crippen LogP contribution in [-0.4, -0.2) is 78.7 Å². The number of nitrogens with zero attached hydrogens (tertiary/aromatic N) is 4. The highest BCUT2D eigenvalue weighted by molar-refractivity contribution is 5.83. The molecule has 1 N–H and O–H groups in total. The second kappa shape index (κ2) is 7.63. The van der Waals surface area contributed by atoms with Gasteiger partial charge in [0.15, 0.2) is 0 Å². The Kier molecular flexibility index (Phi) is 5.32. The number of carbonyl (C=O) groups is 1. The highest BCUT2D eigenvalue weighted by Crippen LogP contribution is 2.20. The number of hydrogen-bond acceptors (Lipinski definition) is 5. The van der Waals surface area contributed by atoms with E-state index >= 15 is 0 Å². The quantitative estimate of drug-likeness (QED) is 0.796. The van der Waals surface area contributed by atoms with E-state index < -0.39 is 0 Å². The summed E-state index contributed by atoms with van der Waals surface area (Å²) < 4.78 is 7.05. The van der Waals surface area contributed by atoms with E-state index in [0.29, 0.717) is 19.7 Å². The van der Waals surface area contributed by atoms with Gasteiger partial charge in [0, 0.05) is 39.8 Å². The maximum atomic E-state index is 12.7. The molecule has 130 valence electrons. The number of carbonyl (C=O) groups excluding carboxylic acids is 1.